The van der Waals surface area contributed by atoms with Crippen LogP contribution in [0.1, 0.15) is 29.2 Å². The van der Waals surface area contributed by atoms with E-state index in [9.17, 15) is 9.59 Å². The number of carbonyl (C=O) groups excluding carboxylic acids is 2. The molecule has 0 saturated carbocycles. The smallest absolute Gasteiger partial charge is 0.325 e. The summed E-state index contributed by atoms with van der Waals surface area (Å²) in [4.78, 5) is 26.7. The van der Waals surface area contributed by atoms with E-state index in [1.807, 2.05) is 56.3 Å². The number of imide groups is 1. The van der Waals surface area contributed by atoms with Gasteiger partial charge in [-0.2, -0.15) is 0 Å². The van der Waals surface area contributed by atoms with E-state index in [0.717, 1.165) is 28.0 Å². The quantitative estimate of drug-likeness (QED) is 0.871. The lowest BCUT2D eigenvalue weighted by Gasteiger charge is -2.23. The van der Waals surface area contributed by atoms with Gasteiger partial charge in [-0.15, -0.1) is 0 Å². The molecule has 1 unspecified atom stereocenters. The molecule has 1 atom stereocenters. The second-order valence-corrected chi connectivity index (χ2v) is 6.62. The first-order valence-electron chi connectivity index (χ1n) is 8.20. The highest BCUT2D eigenvalue weighted by atomic mass is 16.5. The van der Waals surface area contributed by atoms with Crippen LogP contribution in [0.15, 0.2) is 42.5 Å². The summed E-state index contributed by atoms with van der Waals surface area (Å²) in [6.45, 7) is 5.91. The molecule has 0 aromatic heterocycles. The molecule has 1 aliphatic rings. The lowest BCUT2D eigenvalue weighted by atomic mass is 9.90. The van der Waals surface area contributed by atoms with Gasteiger partial charge < -0.3 is 10.1 Å². The Kier molecular flexibility index (Phi) is 4.25. The molecular weight excluding hydrogens is 316 g/mol. The van der Waals surface area contributed by atoms with Crippen molar-refractivity contribution in [3.8, 4) is 5.75 Å². The fraction of sp³-hybridized carbons (Fsp3) is 0.300. The number of benzene rings is 2. The molecule has 5 nitrogen and oxygen atoms in total. The third-order valence-electron chi connectivity index (χ3n) is 4.71. The normalized spacial score (nSPS) is 19.9. The summed E-state index contributed by atoms with van der Waals surface area (Å²) in [5.74, 6) is 0.503. The molecule has 0 aliphatic carbocycles. The summed E-state index contributed by atoms with van der Waals surface area (Å²) in [6, 6.07) is 13.0. The minimum absolute atomic E-state index is 0.248. The molecule has 25 heavy (non-hydrogen) atoms. The molecule has 1 saturated heterocycles. The zero-order chi connectivity index (χ0) is 18.2. The van der Waals surface area contributed by atoms with Crippen molar-refractivity contribution in [3.63, 3.8) is 0 Å². The number of hydrogen-bond donors (Lipinski definition) is 1. The Morgan fingerprint density at radius 2 is 1.76 bits per heavy atom. The lowest BCUT2D eigenvalue weighted by Crippen LogP contribution is -2.40. The summed E-state index contributed by atoms with van der Waals surface area (Å²) in [6.07, 6.45) is 0. The Morgan fingerprint density at radius 1 is 1.08 bits per heavy atom. The SMILES string of the molecule is COc1ccc(C2(C)NC(=O)N(Cc3ccc(C)cc3)C2=O)cc1C. The number of nitrogens with zero attached hydrogens (tertiary/aromatic N) is 1. The predicted octanol–water partition coefficient (Wildman–Crippen LogP) is 3.28. The van der Waals surface area contributed by atoms with Crippen LogP contribution in [0, 0.1) is 13.8 Å². The zero-order valence-electron chi connectivity index (χ0n) is 14.9. The van der Waals surface area contributed by atoms with Gasteiger partial charge in [0, 0.05) is 0 Å². The monoisotopic (exact) mass is 338 g/mol. The Labute approximate surface area is 147 Å². The average molecular weight is 338 g/mol. The van der Waals surface area contributed by atoms with Crippen molar-refractivity contribution in [2.24, 2.45) is 0 Å². The predicted molar refractivity (Wildman–Crippen MR) is 95.3 cm³/mol. The maximum Gasteiger partial charge on any atom is 0.325 e. The van der Waals surface area contributed by atoms with Crippen molar-refractivity contribution >= 4 is 11.9 Å². The Bertz CT molecular complexity index is 829. The molecule has 0 radical (unpaired) electrons. The van der Waals surface area contributed by atoms with Crippen molar-refractivity contribution < 1.29 is 14.3 Å². The molecule has 1 N–H and O–H groups in total. The number of nitrogens with one attached hydrogen (secondary N) is 1. The zero-order valence-corrected chi connectivity index (χ0v) is 14.9. The molecular formula is C20H22N2O3. The average Bonchev–Trinajstić information content (AvgIpc) is 2.81. The van der Waals surface area contributed by atoms with Crippen LogP contribution in [0.5, 0.6) is 5.75 Å². The Morgan fingerprint density at radius 3 is 2.36 bits per heavy atom. The van der Waals surface area contributed by atoms with Crippen LogP contribution >= 0.6 is 0 Å². The molecule has 130 valence electrons. The van der Waals surface area contributed by atoms with E-state index >= 15 is 0 Å². The fourth-order valence-corrected chi connectivity index (χ4v) is 3.10. The number of ether oxygens (including phenoxy) is 1. The summed E-state index contributed by atoms with van der Waals surface area (Å²) in [5.41, 5.74) is 2.65. The van der Waals surface area contributed by atoms with Gasteiger partial charge in [0.25, 0.3) is 5.91 Å². The third kappa shape index (κ3) is 2.97. The van der Waals surface area contributed by atoms with Crippen molar-refractivity contribution in [3.05, 3.63) is 64.7 Å². The van der Waals surface area contributed by atoms with Crippen molar-refractivity contribution in [2.45, 2.75) is 32.9 Å². The molecule has 1 fully saturated rings. The van der Waals surface area contributed by atoms with E-state index < -0.39 is 5.54 Å². The molecule has 3 amide bonds. The van der Waals surface area contributed by atoms with Gasteiger partial charge >= 0.3 is 6.03 Å². The first-order chi connectivity index (χ1) is 11.8. The highest BCUT2D eigenvalue weighted by Gasteiger charge is 2.48. The highest BCUT2D eigenvalue weighted by molar-refractivity contribution is 6.07. The second-order valence-electron chi connectivity index (χ2n) is 6.62. The minimum Gasteiger partial charge on any atom is -0.496 e. The molecule has 0 spiro atoms. The van der Waals surface area contributed by atoms with Gasteiger partial charge in [0.05, 0.1) is 13.7 Å². The minimum atomic E-state index is -1.07. The van der Waals surface area contributed by atoms with Gasteiger partial charge in [-0.3, -0.25) is 9.69 Å². The van der Waals surface area contributed by atoms with E-state index in [1.165, 1.54) is 4.90 Å². The van der Waals surface area contributed by atoms with Gasteiger partial charge in [0.15, 0.2) is 0 Å². The largest absolute Gasteiger partial charge is 0.496 e. The number of aryl methyl sites for hydroxylation is 2. The lowest BCUT2D eigenvalue weighted by molar-refractivity contribution is -0.131. The van der Waals surface area contributed by atoms with E-state index in [2.05, 4.69) is 5.32 Å². The molecule has 3 rings (SSSR count). The van der Waals surface area contributed by atoms with Crippen molar-refractivity contribution in [2.75, 3.05) is 7.11 Å². The number of hydrogen-bond acceptors (Lipinski definition) is 3. The number of methoxy groups -OCH3 is 1. The summed E-state index contributed by atoms with van der Waals surface area (Å²) >= 11 is 0. The van der Waals surface area contributed by atoms with Crippen molar-refractivity contribution in [1.82, 2.24) is 10.2 Å². The van der Waals surface area contributed by atoms with Crippen LogP contribution in [-0.2, 0) is 16.9 Å². The summed E-state index contributed by atoms with van der Waals surface area (Å²) in [7, 11) is 1.61. The van der Waals surface area contributed by atoms with Crippen LogP contribution < -0.4 is 10.1 Å². The van der Waals surface area contributed by atoms with Crippen LogP contribution in [0.25, 0.3) is 0 Å². The van der Waals surface area contributed by atoms with Crippen LogP contribution in [-0.4, -0.2) is 23.9 Å². The fourth-order valence-electron chi connectivity index (χ4n) is 3.10. The first-order valence-corrected chi connectivity index (χ1v) is 8.20. The molecule has 1 heterocycles. The van der Waals surface area contributed by atoms with E-state index in [1.54, 1.807) is 14.0 Å². The van der Waals surface area contributed by atoms with E-state index in [0.29, 0.717) is 0 Å². The molecule has 2 aromatic rings. The Hall–Kier alpha value is -2.82. The standard InChI is InChI=1S/C20H22N2O3/c1-13-5-7-15(8-6-13)12-22-18(23)20(3,21-19(22)24)16-9-10-17(25-4)14(2)11-16/h5-11H,12H2,1-4H3,(H,21,24). The van der Waals surface area contributed by atoms with Crippen LogP contribution in [0.2, 0.25) is 0 Å². The van der Waals surface area contributed by atoms with Crippen LogP contribution in [0.3, 0.4) is 0 Å². The maximum atomic E-state index is 13.0. The maximum absolute atomic E-state index is 13.0. The summed E-state index contributed by atoms with van der Waals surface area (Å²) in [5, 5.41) is 2.84. The number of urea groups is 1. The van der Waals surface area contributed by atoms with Gasteiger partial charge in [-0.1, -0.05) is 35.9 Å². The van der Waals surface area contributed by atoms with Gasteiger partial charge in [0.2, 0.25) is 0 Å². The molecule has 0 bridgehead atoms. The van der Waals surface area contributed by atoms with Gasteiger partial charge in [-0.25, -0.2) is 4.79 Å². The third-order valence-corrected chi connectivity index (χ3v) is 4.71. The number of amides is 3. The summed E-state index contributed by atoms with van der Waals surface area (Å²) < 4.78 is 5.27. The first kappa shape index (κ1) is 17.0. The molecule has 5 heteroatoms. The second kappa shape index (κ2) is 6.24. The number of carbonyl (C=O) groups is 2. The molecule has 1 aliphatic heterocycles. The van der Waals surface area contributed by atoms with Crippen LogP contribution in [0.4, 0.5) is 4.79 Å². The highest BCUT2D eigenvalue weighted by Crippen LogP contribution is 2.32. The van der Waals surface area contributed by atoms with Gasteiger partial charge in [0.1, 0.15) is 11.3 Å². The van der Waals surface area contributed by atoms with E-state index in [4.69, 9.17) is 4.74 Å². The van der Waals surface area contributed by atoms with E-state index in [-0.39, 0.29) is 18.5 Å². The van der Waals surface area contributed by atoms with Crippen molar-refractivity contribution in [1.29, 1.82) is 0 Å². The number of rotatable bonds is 4. The topological polar surface area (TPSA) is 58.6 Å². The Balaban J connectivity index is 1.89. The van der Waals surface area contributed by atoms with Gasteiger partial charge in [-0.05, 0) is 49.6 Å². The molecule has 2 aromatic carbocycles.